The molecular formula is C14H14F3N3O. The molecule has 7 heteroatoms. The van der Waals surface area contributed by atoms with Crippen molar-refractivity contribution in [3.8, 4) is 6.07 Å². The molecule has 2 N–H and O–H groups in total. The summed E-state index contributed by atoms with van der Waals surface area (Å²) in [7, 11) is 0. The highest BCUT2D eigenvalue weighted by Crippen LogP contribution is 2.35. The number of hydrogen-bond donors (Lipinski definition) is 1. The first-order valence-electron chi connectivity index (χ1n) is 6.48. The highest BCUT2D eigenvalue weighted by atomic mass is 19.4. The Balaban J connectivity index is 2.33. The molecule has 1 aromatic carbocycles. The number of benzene rings is 1. The third-order valence-corrected chi connectivity index (χ3v) is 3.62. The van der Waals surface area contributed by atoms with Gasteiger partial charge < -0.3 is 10.6 Å². The number of nitrogens with zero attached hydrogens (tertiary/aromatic N) is 2. The van der Waals surface area contributed by atoms with Gasteiger partial charge in [0.15, 0.2) is 0 Å². The summed E-state index contributed by atoms with van der Waals surface area (Å²) in [6.45, 7) is 0.867. The molecule has 1 fully saturated rings. The second kappa shape index (κ2) is 5.64. The molecule has 0 saturated carbocycles. The van der Waals surface area contributed by atoms with E-state index in [9.17, 15) is 18.0 Å². The van der Waals surface area contributed by atoms with Crippen molar-refractivity contribution in [3.05, 3.63) is 29.3 Å². The number of nitriles is 1. The normalized spacial score (nSPS) is 19.1. The Kier molecular flexibility index (Phi) is 4.07. The molecule has 1 heterocycles. The zero-order chi connectivity index (χ0) is 15.6. The summed E-state index contributed by atoms with van der Waals surface area (Å²) < 4.78 is 38.8. The van der Waals surface area contributed by atoms with Crippen LogP contribution in [-0.2, 0) is 11.0 Å². The Labute approximate surface area is 119 Å². The number of primary amides is 1. The molecule has 0 aromatic heterocycles. The van der Waals surface area contributed by atoms with Crippen LogP contribution in [0.2, 0.25) is 0 Å². The number of carbonyl (C=O) groups excluding carboxylic acids is 1. The van der Waals surface area contributed by atoms with Crippen molar-refractivity contribution in [2.24, 2.45) is 11.7 Å². The lowest BCUT2D eigenvalue weighted by Gasteiger charge is -2.33. The van der Waals surface area contributed by atoms with Crippen molar-refractivity contribution in [2.45, 2.75) is 19.0 Å². The summed E-state index contributed by atoms with van der Waals surface area (Å²) in [6, 6.07) is 5.14. The minimum absolute atomic E-state index is 0.304. The fraction of sp³-hybridized carbons (Fsp3) is 0.429. The van der Waals surface area contributed by atoms with E-state index >= 15 is 0 Å². The fourth-order valence-electron chi connectivity index (χ4n) is 2.50. The van der Waals surface area contributed by atoms with Gasteiger partial charge in [-0.2, -0.15) is 18.4 Å². The number of piperidine rings is 1. The van der Waals surface area contributed by atoms with E-state index in [1.165, 1.54) is 6.07 Å². The molecule has 0 radical (unpaired) electrons. The van der Waals surface area contributed by atoms with Gasteiger partial charge in [0.05, 0.1) is 23.1 Å². The summed E-state index contributed by atoms with van der Waals surface area (Å²) in [5.74, 6) is -0.798. The van der Waals surface area contributed by atoms with Gasteiger partial charge in [-0.3, -0.25) is 4.79 Å². The van der Waals surface area contributed by atoms with Crippen molar-refractivity contribution < 1.29 is 18.0 Å². The number of nitrogens with two attached hydrogens (primary N) is 1. The van der Waals surface area contributed by atoms with Crippen LogP contribution in [0.3, 0.4) is 0 Å². The van der Waals surface area contributed by atoms with E-state index < -0.39 is 23.2 Å². The number of rotatable bonds is 2. The molecule has 0 aliphatic carbocycles. The molecule has 112 valence electrons. The first kappa shape index (κ1) is 15.2. The molecule has 1 amide bonds. The predicted molar refractivity (Wildman–Crippen MR) is 70.3 cm³/mol. The fourth-order valence-corrected chi connectivity index (χ4v) is 2.50. The van der Waals surface area contributed by atoms with Crippen molar-refractivity contribution in [2.75, 3.05) is 18.0 Å². The van der Waals surface area contributed by atoms with Crippen LogP contribution in [0, 0.1) is 17.2 Å². The van der Waals surface area contributed by atoms with Gasteiger partial charge in [0.25, 0.3) is 0 Å². The number of halogens is 3. The van der Waals surface area contributed by atoms with Gasteiger partial charge in [-0.25, -0.2) is 0 Å². The van der Waals surface area contributed by atoms with Gasteiger partial charge in [0, 0.05) is 18.8 Å². The Morgan fingerprint density at radius 3 is 2.71 bits per heavy atom. The summed E-state index contributed by atoms with van der Waals surface area (Å²) in [4.78, 5) is 12.9. The zero-order valence-corrected chi connectivity index (χ0v) is 11.2. The van der Waals surface area contributed by atoms with Gasteiger partial charge in [-0.1, -0.05) is 0 Å². The average Bonchev–Trinajstić information content (AvgIpc) is 2.45. The molecule has 0 spiro atoms. The second-order valence-corrected chi connectivity index (χ2v) is 5.03. The van der Waals surface area contributed by atoms with Crippen molar-refractivity contribution >= 4 is 11.6 Å². The molecule has 1 unspecified atom stereocenters. The quantitative estimate of drug-likeness (QED) is 0.910. The number of carbonyl (C=O) groups is 1. The molecule has 1 atom stereocenters. The standard InChI is InChI=1S/C14H14F3N3O/c15-14(16,17)12-6-11(4-3-9(12)7-18)20-5-1-2-10(8-20)13(19)21/h3-4,6,10H,1-2,5,8H2,(H2,19,21). The molecule has 1 aliphatic heterocycles. The van der Waals surface area contributed by atoms with Crippen LogP contribution in [0.5, 0.6) is 0 Å². The van der Waals surface area contributed by atoms with E-state index in [0.29, 0.717) is 31.6 Å². The SMILES string of the molecule is N#Cc1ccc(N2CCCC(C(N)=O)C2)cc1C(F)(F)F. The minimum Gasteiger partial charge on any atom is -0.371 e. The van der Waals surface area contributed by atoms with Crippen LogP contribution in [0.1, 0.15) is 24.0 Å². The number of alkyl halides is 3. The Morgan fingerprint density at radius 1 is 1.43 bits per heavy atom. The Bertz CT molecular complexity index is 592. The molecule has 21 heavy (non-hydrogen) atoms. The number of amides is 1. The monoisotopic (exact) mass is 297 g/mol. The molecule has 2 rings (SSSR count). The predicted octanol–water partition coefficient (Wildman–Crippen LogP) is 2.28. The largest absolute Gasteiger partial charge is 0.417 e. The topological polar surface area (TPSA) is 70.1 Å². The first-order chi connectivity index (χ1) is 9.82. The van der Waals surface area contributed by atoms with Crippen LogP contribution in [0.15, 0.2) is 18.2 Å². The highest BCUT2D eigenvalue weighted by Gasteiger charge is 2.34. The van der Waals surface area contributed by atoms with E-state index in [1.54, 1.807) is 11.0 Å². The van der Waals surface area contributed by atoms with Crippen molar-refractivity contribution in [1.82, 2.24) is 0 Å². The van der Waals surface area contributed by atoms with Crippen molar-refractivity contribution in [1.29, 1.82) is 5.26 Å². The lowest BCUT2D eigenvalue weighted by molar-refractivity contribution is -0.137. The number of hydrogen-bond acceptors (Lipinski definition) is 3. The zero-order valence-electron chi connectivity index (χ0n) is 11.2. The lowest BCUT2D eigenvalue weighted by Crippen LogP contribution is -2.41. The summed E-state index contributed by atoms with van der Waals surface area (Å²) in [5.41, 5.74) is 4.25. The lowest BCUT2D eigenvalue weighted by atomic mass is 9.96. The van der Waals surface area contributed by atoms with E-state index in [2.05, 4.69) is 0 Å². The van der Waals surface area contributed by atoms with Crippen LogP contribution >= 0.6 is 0 Å². The van der Waals surface area contributed by atoms with E-state index in [0.717, 1.165) is 12.1 Å². The van der Waals surface area contributed by atoms with Crippen molar-refractivity contribution in [3.63, 3.8) is 0 Å². The van der Waals surface area contributed by atoms with E-state index in [1.807, 2.05) is 0 Å². The van der Waals surface area contributed by atoms with E-state index in [4.69, 9.17) is 11.0 Å². The molecule has 1 saturated heterocycles. The maximum Gasteiger partial charge on any atom is 0.417 e. The maximum atomic E-state index is 12.9. The van der Waals surface area contributed by atoms with Gasteiger partial charge in [-0.05, 0) is 31.0 Å². The number of anilines is 1. The van der Waals surface area contributed by atoms with E-state index in [-0.39, 0.29) is 5.92 Å². The minimum atomic E-state index is -4.58. The smallest absolute Gasteiger partial charge is 0.371 e. The van der Waals surface area contributed by atoms with Crippen LogP contribution < -0.4 is 10.6 Å². The Morgan fingerprint density at radius 2 is 2.14 bits per heavy atom. The average molecular weight is 297 g/mol. The van der Waals surface area contributed by atoms with Gasteiger partial charge in [0.2, 0.25) is 5.91 Å². The molecule has 1 aromatic rings. The summed E-state index contributed by atoms with van der Waals surface area (Å²) >= 11 is 0. The third-order valence-electron chi connectivity index (χ3n) is 3.62. The third kappa shape index (κ3) is 3.27. The molecule has 4 nitrogen and oxygen atoms in total. The van der Waals surface area contributed by atoms with Gasteiger partial charge >= 0.3 is 6.18 Å². The first-order valence-corrected chi connectivity index (χ1v) is 6.48. The maximum absolute atomic E-state index is 12.9. The molecule has 0 bridgehead atoms. The van der Waals surface area contributed by atoms with Gasteiger partial charge in [-0.15, -0.1) is 0 Å². The van der Waals surface area contributed by atoms with Crippen LogP contribution in [-0.4, -0.2) is 19.0 Å². The summed E-state index contributed by atoms with van der Waals surface area (Å²) in [6.07, 6.45) is -3.25. The van der Waals surface area contributed by atoms with Gasteiger partial charge in [0.1, 0.15) is 0 Å². The molecular weight excluding hydrogens is 283 g/mol. The molecule has 1 aliphatic rings. The highest BCUT2D eigenvalue weighted by molar-refractivity contribution is 5.77. The van der Waals surface area contributed by atoms with Crippen LogP contribution in [0.25, 0.3) is 0 Å². The second-order valence-electron chi connectivity index (χ2n) is 5.03. The summed E-state index contributed by atoms with van der Waals surface area (Å²) in [5, 5.41) is 8.77. The van der Waals surface area contributed by atoms with Crippen LogP contribution in [0.4, 0.5) is 18.9 Å². The Hall–Kier alpha value is -2.23.